The molecule has 2 aliphatic rings. The number of nitrogens with two attached hydrogens (primary N) is 1. The third-order valence-electron chi connectivity index (χ3n) is 7.54. The third kappa shape index (κ3) is 5.81. The first-order chi connectivity index (χ1) is 18.6. The van der Waals surface area contributed by atoms with Crippen LogP contribution in [0.2, 0.25) is 5.02 Å². The van der Waals surface area contributed by atoms with Gasteiger partial charge in [-0.2, -0.15) is 0 Å². The van der Waals surface area contributed by atoms with Crippen LogP contribution in [0, 0.1) is 5.41 Å². The number of halogens is 1. The van der Waals surface area contributed by atoms with Gasteiger partial charge in [-0.1, -0.05) is 47.6 Å². The monoisotopic (exact) mass is 586 g/mol. The van der Waals surface area contributed by atoms with Crippen LogP contribution in [0.3, 0.4) is 0 Å². The molecular weight excluding hydrogens is 552 g/mol. The normalized spacial score (nSPS) is 19.3. The predicted octanol–water partition coefficient (Wildman–Crippen LogP) is 5.34. The van der Waals surface area contributed by atoms with Gasteiger partial charge in [0.05, 0.1) is 39.6 Å². The molecule has 1 unspecified atom stereocenters. The van der Waals surface area contributed by atoms with Gasteiger partial charge in [0.15, 0.2) is 5.82 Å². The highest BCUT2D eigenvalue weighted by molar-refractivity contribution is 7.99. The molecule has 1 aliphatic heterocycles. The molecule has 3 aromatic rings. The predicted molar refractivity (Wildman–Crippen MR) is 158 cm³/mol. The number of hydrogen-bond acceptors (Lipinski definition) is 8. The Labute approximate surface area is 242 Å². The number of ether oxygens (including phenoxy) is 1. The van der Waals surface area contributed by atoms with Crippen molar-refractivity contribution in [1.29, 1.82) is 0 Å². The summed E-state index contributed by atoms with van der Waals surface area (Å²) in [5.41, 5.74) is 9.29. The average molecular weight is 587 g/mol. The van der Waals surface area contributed by atoms with Gasteiger partial charge >= 0.3 is 0 Å². The van der Waals surface area contributed by atoms with Crippen molar-refractivity contribution >= 4 is 46.0 Å². The number of piperidine rings is 1. The second-order valence-electron chi connectivity index (χ2n) is 11.2. The Morgan fingerprint density at radius 1 is 1.23 bits per heavy atom. The second kappa shape index (κ2) is 11.3. The van der Waals surface area contributed by atoms with Crippen molar-refractivity contribution in [1.82, 2.24) is 19.7 Å². The topological polar surface area (TPSA) is 106 Å². The van der Waals surface area contributed by atoms with Gasteiger partial charge in [-0.05, 0) is 62.6 Å². The Hall–Kier alpha value is -2.24. The molecule has 0 saturated carbocycles. The van der Waals surface area contributed by atoms with Crippen LogP contribution in [0.25, 0.3) is 0 Å². The van der Waals surface area contributed by atoms with E-state index < -0.39 is 11.0 Å². The van der Waals surface area contributed by atoms with Gasteiger partial charge in [0.1, 0.15) is 16.5 Å². The fourth-order valence-electron chi connectivity index (χ4n) is 5.47. The highest BCUT2D eigenvalue weighted by Gasteiger charge is 2.49. The van der Waals surface area contributed by atoms with Crippen molar-refractivity contribution in [3.05, 3.63) is 64.6 Å². The number of anilines is 2. The Kier molecular flexibility index (Phi) is 8.22. The highest BCUT2D eigenvalue weighted by atomic mass is 35.5. The van der Waals surface area contributed by atoms with E-state index >= 15 is 0 Å². The zero-order valence-electron chi connectivity index (χ0n) is 22.7. The first-order valence-electron chi connectivity index (χ1n) is 13.0. The standard InChI is InChI=1S/C28H35ClN6O2S2/c1-27(2,3)39(36)34-24-19-8-6-5-7-18(19)15-28(24)10-13-35(14-11-28)26-20(17-37-4)33-22(16-32-26)38-21-9-12-31-25(30)23(21)29/h5-9,12,16,24,34H,10-11,13-15,17H2,1-4H3,(H2,30,31)/t24-,39?/m1/s1. The highest BCUT2D eigenvalue weighted by Crippen LogP contribution is 2.52. The molecule has 208 valence electrons. The molecular formula is C28H35ClN6O2S2. The summed E-state index contributed by atoms with van der Waals surface area (Å²) in [5.74, 6) is 1.13. The maximum atomic E-state index is 13.2. The van der Waals surface area contributed by atoms with Crippen molar-refractivity contribution in [2.45, 2.75) is 67.4 Å². The van der Waals surface area contributed by atoms with E-state index in [0.29, 0.717) is 22.5 Å². The van der Waals surface area contributed by atoms with Gasteiger partial charge in [0, 0.05) is 31.3 Å². The van der Waals surface area contributed by atoms with Gasteiger partial charge in [0.2, 0.25) is 0 Å². The number of methoxy groups -OCH3 is 1. The number of pyridine rings is 1. The Bertz CT molecular complexity index is 1370. The zero-order chi connectivity index (χ0) is 27.8. The number of fused-ring (bicyclic) bond motifs is 1. The van der Waals surface area contributed by atoms with Crippen molar-refractivity contribution in [2.24, 2.45) is 5.41 Å². The number of nitrogens with one attached hydrogen (secondary N) is 1. The molecule has 39 heavy (non-hydrogen) atoms. The number of rotatable bonds is 7. The Morgan fingerprint density at radius 3 is 2.69 bits per heavy atom. The van der Waals surface area contributed by atoms with Crippen molar-refractivity contribution in [3.8, 4) is 0 Å². The van der Waals surface area contributed by atoms with Crippen LogP contribution in [0.4, 0.5) is 11.6 Å². The number of aromatic nitrogens is 3. The Balaban J connectivity index is 1.36. The molecule has 1 fully saturated rings. The molecule has 5 rings (SSSR count). The Morgan fingerprint density at radius 2 is 1.97 bits per heavy atom. The van der Waals surface area contributed by atoms with E-state index in [9.17, 15) is 4.21 Å². The molecule has 0 bridgehead atoms. The first-order valence-corrected chi connectivity index (χ1v) is 15.4. The smallest absolute Gasteiger partial charge is 0.152 e. The molecule has 8 nitrogen and oxygen atoms in total. The van der Waals surface area contributed by atoms with Gasteiger partial charge < -0.3 is 15.4 Å². The minimum absolute atomic E-state index is 0.00373. The molecule has 0 radical (unpaired) electrons. The summed E-state index contributed by atoms with van der Waals surface area (Å²) in [6, 6.07) is 10.5. The molecule has 3 N–H and O–H groups in total. The van der Waals surface area contributed by atoms with Crippen LogP contribution in [0.1, 0.15) is 56.5 Å². The van der Waals surface area contributed by atoms with E-state index in [4.69, 9.17) is 32.0 Å². The minimum Gasteiger partial charge on any atom is -0.382 e. The van der Waals surface area contributed by atoms with Crippen molar-refractivity contribution < 1.29 is 8.95 Å². The summed E-state index contributed by atoms with van der Waals surface area (Å²) in [4.78, 5) is 16.8. The molecule has 1 saturated heterocycles. The van der Waals surface area contributed by atoms with Gasteiger partial charge in [-0.25, -0.2) is 23.9 Å². The maximum Gasteiger partial charge on any atom is 0.152 e. The quantitative estimate of drug-likeness (QED) is 0.382. The van der Waals surface area contributed by atoms with Crippen LogP contribution in [0.5, 0.6) is 0 Å². The van der Waals surface area contributed by atoms with E-state index in [0.717, 1.165) is 48.8 Å². The molecule has 11 heteroatoms. The van der Waals surface area contributed by atoms with E-state index in [1.165, 1.54) is 22.9 Å². The molecule has 1 spiro atoms. The molecule has 0 amide bonds. The second-order valence-corrected chi connectivity index (χ2v) is 14.6. The van der Waals surface area contributed by atoms with Crippen LogP contribution in [-0.2, 0) is 28.8 Å². The average Bonchev–Trinajstić information content (AvgIpc) is 3.19. The lowest BCUT2D eigenvalue weighted by atomic mass is 9.73. The van der Waals surface area contributed by atoms with Crippen LogP contribution in [0.15, 0.2) is 52.6 Å². The van der Waals surface area contributed by atoms with E-state index in [-0.39, 0.29) is 16.2 Å². The molecule has 2 aromatic heterocycles. The van der Waals surface area contributed by atoms with E-state index in [1.807, 2.05) is 26.8 Å². The lowest BCUT2D eigenvalue weighted by Gasteiger charge is -2.44. The van der Waals surface area contributed by atoms with Gasteiger partial charge in [-0.3, -0.25) is 0 Å². The largest absolute Gasteiger partial charge is 0.382 e. The van der Waals surface area contributed by atoms with E-state index in [2.05, 4.69) is 38.9 Å². The molecule has 3 heterocycles. The van der Waals surface area contributed by atoms with Gasteiger partial charge in [0.25, 0.3) is 0 Å². The summed E-state index contributed by atoms with van der Waals surface area (Å²) in [5, 5.41) is 1.13. The van der Waals surface area contributed by atoms with Gasteiger partial charge in [-0.15, -0.1) is 0 Å². The molecule has 1 aromatic carbocycles. The third-order valence-corrected chi connectivity index (χ3v) is 10.6. The summed E-state index contributed by atoms with van der Waals surface area (Å²) < 4.78 is 21.9. The summed E-state index contributed by atoms with van der Waals surface area (Å²) >= 11 is 7.75. The number of hydrogen-bond donors (Lipinski definition) is 2. The fraction of sp³-hybridized carbons (Fsp3) is 0.464. The fourth-order valence-corrected chi connectivity index (χ4v) is 7.45. The van der Waals surface area contributed by atoms with Crippen molar-refractivity contribution in [2.75, 3.05) is 30.8 Å². The summed E-state index contributed by atoms with van der Waals surface area (Å²) in [6.45, 7) is 8.06. The number of nitrogen functional groups attached to an aromatic ring is 1. The summed E-state index contributed by atoms with van der Waals surface area (Å²) in [7, 11) is 0.503. The molecule has 2 atom stereocenters. The van der Waals surface area contributed by atoms with Crippen molar-refractivity contribution in [3.63, 3.8) is 0 Å². The molecule has 1 aliphatic carbocycles. The lowest BCUT2D eigenvalue weighted by molar-refractivity contribution is 0.172. The van der Waals surface area contributed by atoms with E-state index in [1.54, 1.807) is 19.5 Å². The van der Waals surface area contributed by atoms with Crippen LogP contribution in [-0.4, -0.2) is 44.1 Å². The SMILES string of the molecule is COCc1nc(Sc2ccnc(N)c2Cl)cnc1N1CCC2(CC1)Cc1ccccc1[C@H]2NS(=O)C(C)(C)C. The number of nitrogens with zero attached hydrogens (tertiary/aromatic N) is 4. The minimum atomic E-state index is -1.16. The lowest BCUT2D eigenvalue weighted by Crippen LogP contribution is -2.48. The first kappa shape index (κ1) is 28.3. The summed E-state index contributed by atoms with van der Waals surface area (Å²) in [6.07, 6.45) is 6.30. The van der Waals surface area contributed by atoms with Crippen LogP contribution >= 0.6 is 23.4 Å². The van der Waals surface area contributed by atoms with Crippen LogP contribution < -0.4 is 15.4 Å². The zero-order valence-corrected chi connectivity index (χ0v) is 25.1. The maximum absolute atomic E-state index is 13.2. The number of benzene rings is 1.